The van der Waals surface area contributed by atoms with Crippen molar-refractivity contribution in [2.24, 2.45) is 0 Å². The Balaban J connectivity index is 1.83. The molecule has 27 heavy (non-hydrogen) atoms. The normalized spacial score (nSPS) is 19.4. The molecule has 2 atom stereocenters. The van der Waals surface area contributed by atoms with Crippen molar-refractivity contribution in [2.45, 2.75) is 39.3 Å². The first-order valence-electron chi connectivity index (χ1n) is 9.34. The van der Waals surface area contributed by atoms with E-state index in [4.69, 9.17) is 12.2 Å². The van der Waals surface area contributed by atoms with Gasteiger partial charge < -0.3 is 15.2 Å². The maximum atomic E-state index is 5.76. The summed E-state index contributed by atoms with van der Waals surface area (Å²) < 4.78 is 0. The van der Waals surface area contributed by atoms with E-state index in [1.807, 2.05) is 18.3 Å². The van der Waals surface area contributed by atoms with Crippen LogP contribution >= 0.6 is 12.2 Å². The fraction of sp³-hybridized carbons (Fsp3) is 0.273. The number of benzene rings is 1. The van der Waals surface area contributed by atoms with Gasteiger partial charge in [-0.25, -0.2) is 0 Å². The highest BCUT2D eigenvalue weighted by Gasteiger charge is 2.41. The number of nitrogens with one attached hydrogen (secondary N) is 2. The van der Waals surface area contributed by atoms with Crippen LogP contribution in [0.15, 0.2) is 54.7 Å². The molecular formula is C22H24N4S. The molecule has 0 amide bonds. The predicted octanol–water partition coefficient (Wildman–Crippen LogP) is 4.77. The number of thiocarbonyl (C=S) groups is 1. The maximum absolute atomic E-state index is 5.76. The third-order valence-corrected chi connectivity index (χ3v) is 5.54. The monoisotopic (exact) mass is 376 g/mol. The third-order valence-electron chi connectivity index (χ3n) is 5.23. The van der Waals surface area contributed by atoms with Crippen LogP contribution in [0, 0.1) is 13.8 Å². The van der Waals surface area contributed by atoms with Gasteiger partial charge in [0.25, 0.3) is 0 Å². The van der Waals surface area contributed by atoms with Gasteiger partial charge in [0.15, 0.2) is 5.11 Å². The molecule has 0 saturated carbocycles. The Kier molecular flexibility index (Phi) is 4.70. The second-order valence-corrected chi connectivity index (χ2v) is 7.44. The van der Waals surface area contributed by atoms with E-state index >= 15 is 0 Å². The summed E-state index contributed by atoms with van der Waals surface area (Å²) in [6, 6.07) is 17.0. The van der Waals surface area contributed by atoms with Crippen LogP contribution in [0.3, 0.4) is 0 Å². The fourth-order valence-corrected chi connectivity index (χ4v) is 4.24. The number of hydrogen-bond acceptors (Lipinski definition) is 2. The summed E-state index contributed by atoms with van der Waals surface area (Å²) in [7, 11) is 0. The van der Waals surface area contributed by atoms with Crippen LogP contribution in [-0.4, -0.2) is 15.1 Å². The van der Waals surface area contributed by atoms with Gasteiger partial charge >= 0.3 is 0 Å². The van der Waals surface area contributed by atoms with Gasteiger partial charge in [-0.15, -0.1) is 0 Å². The van der Waals surface area contributed by atoms with Crippen LogP contribution in [0.5, 0.6) is 0 Å². The first-order valence-corrected chi connectivity index (χ1v) is 9.75. The molecular weight excluding hydrogens is 352 g/mol. The lowest BCUT2D eigenvalue weighted by molar-refractivity contribution is 0.566. The zero-order valence-electron chi connectivity index (χ0n) is 15.9. The van der Waals surface area contributed by atoms with Crippen molar-refractivity contribution in [1.29, 1.82) is 0 Å². The third kappa shape index (κ3) is 3.23. The van der Waals surface area contributed by atoms with E-state index in [1.165, 1.54) is 16.8 Å². The van der Waals surface area contributed by atoms with Crippen molar-refractivity contribution in [3.63, 3.8) is 0 Å². The van der Waals surface area contributed by atoms with Crippen molar-refractivity contribution >= 4 is 23.0 Å². The lowest BCUT2D eigenvalue weighted by Gasteiger charge is -2.28. The Bertz CT molecular complexity index is 946. The van der Waals surface area contributed by atoms with Crippen LogP contribution in [0.1, 0.15) is 47.2 Å². The Hall–Kier alpha value is -2.66. The van der Waals surface area contributed by atoms with E-state index in [0.29, 0.717) is 0 Å². The number of aromatic amines is 1. The highest BCUT2D eigenvalue weighted by atomic mass is 32.1. The summed E-state index contributed by atoms with van der Waals surface area (Å²) in [5.74, 6) is 0. The van der Waals surface area contributed by atoms with Gasteiger partial charge in [0, 0.05) is 23.3 Å². The predicted molar refractivity (Wildman–Crippen MR) is 114 cm³/mol. The minimum Gasteiger partial charge on any atom is -0.362 e. The van der Waals surface area contributed by atoms with Crippen LogP contribution < -0.4 is 10.2 Å². The number of aromatic nitrogens is 2. The van der Waals surface area contributed by atoms with Gasteiger partial charge in [-0.3, -0.25) is 4.98 Å². The molecule has 3 aromatic rings. The molecule has 0 spiro atoms. The molecule has 1 aliphatic heterocycles. The molecule has 138 valence electrons. The topological polar surface area (TPSA) is 44.0 Å². The van der Waals surface area contributed by atoms with Gasteiger partial charge in [-0.2, -0.15) is 0 Å². The first-order chi connectivity index (χ1) is 13.1. The minimum atomic E-state index is -0.00143. The Labute approximate surface area is 165 Å². The number of hydrogen-bond donors (Lipinski definition) is 2. The molecule has 4 nitrogen and oxygen atoms in total. The molecule has 1 saturated heterocycles. The van der Waals surface area contributed by atoms with E-state index in [1.54, 1.807) is 0 Å². The Morgan fingerprint density at radius 1 is 1.11 bits per heavy atom. The summed E-state index contributed by atoms with van der Waals surface area (Å²) in [6.45, 7) is 6.38. The molecule has 2 N–H and O–H groups in total. The van der Waals surface area contributed by atoms with Crippen molar-refractivity contribution < 1.29 is 0 Å². The highest BCUT2D eigenvalue weighted by molar-refractivity contribution is 7.80. The number of pyridine rings is 1. The number of rotatable bonds is 4. The second kappa shape index (κ2) is 7.16. The van der Waals surface area contributed by atoms with Crippen LogP contribution in [0.4, 0.5) is 5.69 Å². The SMILES string of the molecule is CCc1ccc(N2C(=S)N[C@H](c3ccccn3)[C@@H]2c2cc(C)[nH]c2C)cc1. The van der Waals surface area contributed by atoms with E-state index < -0.39 is 0 Å². The van der Waals surface area contributed by atoms with Gasteiger partial charge in [-0.1, -0.05) is 25.1 Å². The van der Waals surface area contributed by atoms with E-state index in [2.05, 4.69) is 77.4 Å². The van der Waals surface area contributed by atoms with Gasteiger partial charge in [-0.05, 0) is 73.9 Å². The summed E-state index contributed by atoms with van der Waals surface area (Å²) in [5.41, 5.74) is 6.99. The second-order valence-electron chi connectivity index (χ2n) is 7.05. The van der Waals surface area contributed by atoms with Crippen molar-refractivity contribution in [2.75, 3.05) is 4.90 Å². The number of aryl methyl sites for hydroxylation is 3. The van der Waals surface area contributed by atoms with Gasteiger partial charge in [0.1, 0.15) is 0 Å². The van der Waals surface area contributed by atoms with Crippen LogP contribution in [0.25, 0.3) is 0 Å². The molecule has 0 aliphatic carbocycles. The lowest BCUT2D eigenvalue weighted by atomic mass is 9.96. The fourth-order valence-electron chi connectivity index (χ4n) is 3.89. The quantitative estimate of drug-likeness (QED) is 0.644. The molecule has 0 unspecified atom stereocenters. The van der Waals surface area contributed by atoms with Gasteiger partial charge in [0.2, 0.25) is 0 Å². The van der Waals surface area contributed by atoms with Crippen molar-refractivity contribution in [3.8, 4) is 0 Å². The van der Waals surface area contributed by atoms with Crippen LogP contribution in [0.2, 0.25) is 0 Å². The molecule has 4 rings (SSSR count). The van der Waals surface area contributed by atoms with E-state index in [0.717, 1.165) is 28.6 Å². The smallest absolute Gasteiger partial charge is 0.174 e. The molecule has 0 bridgehead atoms. The van der Waals surface area contributed by atoms with Crippen molar-refractivity contribution in [3.05, 3.63) is 82.9 Å². The summed E-state index contributed by atoms with van der Waals surface area (Å²) in [4.78, 5) is 10.3. The van der Waals surface area contributed by atoms with E-state index in [9.17, 15) is 0 Å². The average molecular weight is 377 g/mol. The Morgan fingerprint density at radius 3 is 2.48 bits per heavy atom. The summed E-state index contributed by atoms with van der Waals surface area (Å²) >= 11 is 5.76. The molecule has 1 aromatic carbocycles. The molecule has 2 aromatic heterocycles. The number of nitrogens with zero attached hydrogens (tertiary/aromatic N) is 2. The first kappa shape index (κ1) is 17.7. The largest absolute Gasteiger partial charge is 0.362 e. The molecule has 3 heterocycles. The van der Waals surface area contributed by atoms with Gasteiger partial charge in [0.05, 0.1) is 17.8 Å². The number of H-pyrrole nitrogens is 1. The van der Waals surface area contributed by atoms with Crippen LogP contribution in [-0.2, 0) is 6.42 Å². The highest BCUT2D eigenvalue weighted by Crippen LogP contribution is 2.42. The average Bonchev–Trinajstić information content (AvgIpc) is 3.20. The molecule has 5 heteroatoms. The number of anilines is 1. The molecule has 0 radical (unpaired) electrons. The Morgan fingerprint density at radius 2 is 1.89 bits per heavy atom. The standard InChI is InChI=1S/C22H24N4S/c1-4-16-8-10-17(11-9-16)26-21(18-13-14(2)24-15(18)3)20(25-22(26)27)19-7-5-6-12-23-19/h5-13,20-21,24H,4H2,1-3H3,(H,25,27)/t20-,21+/m1/s1. The minimum absolute atomic E-state index is 0.00143. The van der Waals surface area contributed by atoms with E-state index in [-0.39, 0.29) is 12.1 Å². The zero-order chi connectivity index (χ0) is 19.0. The molecule has 1 fully saturated rings. The summed E-state index contributed by atoms with van der Waals surface area (Å²) in [5, 5.41) is 4.25. The summed E-state index contributed by atoms with van der Waals surface area (Å²) in [6.07, 6.45) is 2.87. The maximum Gasteiger partial charge on any atom is 0.174 e. The zero-order valence-corrected chi connectivity index (χ0v) is 16.7. The van der Waals surface area contributed by atoms with Crippen molar-refractivity contribution in [1.82, 2.24) is 15.3 Å². The molecule has 1 aliphatic rings. The lowest BCUT2D eigenvalue weighted by Crippen LogP contribution is -2.29.